The normalized spacial score (nSPS) is 15.9. The van der Waals surface area contributed by atoms with E-state index in [0.29, 0.717) is 33.6 Å². The van der Waals surface area contributed by atoms with Crippen molar-refractivity contribution in [3.05, 3.63) is 63.8 Å². The predicted molar refractivity (Wildman–Crippen MR) is 120 cm³/mol. The molecule has 1 aliphatic carbocycles. The average Bonchev–Trinajstić information content (AvgIpc) is 3.43. The Morgan fingerprint density at radius 2 is 1.81 bits per heavy atom. The summed E-state index contributed by atoms with van der Waals surface area (Å²) in [5.41, 5.74) is 2.82. The lowest BCUT2D eigenvalue weighted by Gasteiger charge is -2.23. The van der Waals surface area contributed by atoms with E-state index in [4.69, 9.17) is 11.6 Å². The maximum absolute atomic E-state index is 13.5. The molecule has 1 amide bonds. The van der Waals surface area contributed by atoms with E-state index in [9.17, 15) is 18.0 Å². The first-order chi connectivity index (χ1) is 15.3. The first-order valence-electron chi connectivity index (χ1n) is 10.7. The second kappa shape index (κ2) is 7.96. The number of halogens is 4. The zero-order chi connectivity index (χ0) is 22.5. The largest absolute Gasteiger partial charge is 0.416 e. The molecule has 5 rings (SSSR count). The molecule has 0 atom stereocenters. The number of pyridine rings is 1. The number of alkyl halides is 3. The van der Waals surface area contributed by atoms with Crippen LogP contribution in [0.2, 0.25) is 5.02 Å². The molecule has 0 spiro atoms. The lowest BCUT2D eigenvalue weighted by Crippen LogP contribution is -2.22. The monoisotopic (exact) mass is 459 g/mol. The first kappa shape index (κ1) is 21.1. The molecule has 0 unspecified atom stereocenters. The van der Waals surface area contributed by atoms with E-state index in [0.717, 1.165) is 62.2 Å². The molecule has 1 aromatic heterocycles. The number of benzene rings is 2. The van der Waals surface area contributed by atoms with Gasteiger partial charge in [0, 0.05) is 29.2 Å². The Labute approximate surface area is 188 Å². The van der Waals surface area contributed by atoms with Gasteiger partial charge < -0.3 is 10.2 Å². The van der Waals surface area contributed by atoms with Crippen molar-refractivity contribution in [2.45, 2.75) is 38.3 Å². The molecular formula is C24H21ClF3N3O. The number of rotatable bonds is 3. The number of anilines is 2. The Balaban J connectivity index is 1.61. The predicted octanol–water partition coefficient (Wildman–Crippen LogP) is 6.25. The summed E-state index contributed by atoms with van der Waals surface area (Å²) >= 11 is 6.20. The van der Waals surface area contributed by atoms with Crippen molar-refractivity contribution in [3.8, 4) is 0 Å². The van der Waals surface area contributed by atoms with Gasteiger partial charge in [-0.05, 0) is 74.1 Å². The van der Waals surface area contributed by atoms with Crippen LogP contribution in [0.4, 0.5) is 24.5 Å². The summed E-state index contributed by atoms with van der Waals surface area (Å²) in [7, 11) is 0. The van der Waals surface area contributed by atoms with E-state index in [1.807, 2.05) is 4.90 Å². The van der Waals surface area contributed by atoms with Crippen LogP contribution in [0, 0.1) is 0 Å². The van der Waals surface area contributed by atoms with Gasteiger partial charge in [-0.3, -0.25) is 9.78 Å². The summed E-state index contributed by atoms with van der Waals surface area (Å²) < 4.78 is 40.3. The van der Waals surface area contributed by atoms with E-state index in [1.54, 1.807) is 18.2 Å². The zero-order valence-corrected chi connectivity index (χ0v) is 18.0. The number of nitrogens with one attached hydrogen (secondary N) is 1. The fraction of sp³-hybridized carbons (Fsp3) is 0.333. The molecule has 8 heteroatoms. The molecular weight excluding hydrogens is 439 g/mol. The van der Waals surface area contributed by atoms with E-state index >= 15 is 0 Å². The van der Waals surface area contributed by atoms with E-state index in [2.05, 4.69) is 10.3 Å². The lowest BCUT2D eigenvalue weighted by molar-refractivity contribution is -0.137. The summed E-state index contributed by atoms with van der Waals surface area (Å²) in [5, 5.41) is 3.90. The van der Waals surface area contributed by atoms with Crippen molar-refractivity contribution in [1.29, 1.82) is 0 Å². The number of hydrogen-bond donors (Lipinski definition) is 1. The number of hydrogen-bond acceptors (Lipinski definition) is 3. The Morgan fingerprint density at radius 3 is 2.56 bits per heavy atom. The van der Waals surface area contributed by atoms with E-state index < -0.39 is 17.6 Å². The molecule has 2 heterocycles. The quantitative estimate of drug-likeness (QED) is 0.503. The fourth-order valence-corrected chi connectivity index (χ4v) is 4.90. The third kappa shape index (κ3) is 3.79. The smallest absolute Gasteiger partial charge is 0.370 e. The van der Waals surface area contributed by atoms with E-state index in [1.165, 1.54) is 6.07 Å². The average molecular weight is 460 g/mol. The van der Waals surface area contributed by atoms with Gasteiger partial charge in [-0.2, -0.15) is 13.2 Å². The van der Waals surface area contributed by atoms with Crippen LogP contribution in [0.3, 0.4) is 0 Å². The van der Waals surface area contributed by atoms with Gasteiger partial charge in [0.05, 0.1) is 28.0 Å². The molecule has 2 aliphatic rings. The molecule has 0 saturated carbocycles. The molecule has 1 fully saturated rings. The summed E-state index contributed by atoms with van der Waals surface area (Å²) in [5.74, 6) is -0.433. The molecule has 1 N–H and O–H groups in total. The molecule has 3 aromatic rings. The molecule has 2 aromatic carbocycles. The standard InChI is InChI=1S/C24H21ClF3N3O/c25-15-7-8-19-17(13-15)22(16-4-3-5-18(16)29-19)23(32)30-20-12-14(24(26,27)28)6-9-21(20)31-10-1-2-11-31/h6-9,12-13H,1-5,10-11H2,(H,30,32). The van der Waals surface area contributed by atoms with Crippen molar-refractivity contribution in [2.75, 3.05) is 23.3 Å². The second-order valence-corrected chi connectivity index (χ2v) is 8.74. The highest BCUT2D eigenvalue weighted by Crippen LogP contribution is 2.38. The number of carbonyl (C=O) groups is 1. The third-order valence-electron chi connectivity index (χ3n) is 6.22. The van der Waals surface area contributed by atoms with Crippen molar-refractivity contribution in [3.63, 3.8) is 0 Å². The Bertz CT molecular complexity index is 1220. The third-order valence-corrected chi connectivity index (χ3v) is 6.45. The van der Waals surface area contributed by atoms with Gasteiger partial charge in [0.25, 0.3) is 5.91 Å². The van der Waals surface area contributed by atoms with Crippen LogP contribution in [-0.2, 0) is 19.0 Å². The van der Waals surface area contributed by atoms with Crippen LogP contribution >= 0.6 is 11.6 Å². The fourth-order valence-electron chi connectivity index (χ4n) is 4.72. The van der Waals surface area contributed by atoms with Gasteiger partial charge >= 0.3 is 6.18 Å². The van der Waals surface area contributed by atoms with Gasteiger partial charge in [0.15, 0.2) is 0 Å². The summed E-state index contributed by atoms with van der Waals surface area (Å²) in [6, 6.07) is 8.75. The molecule has 166 valence electrons. The maximum Gasteiger partial charge on any atom is 0.416 e. The Morgan fingerprint density at radius 1 is 1.03 bits per heavy atom. The molecule has 32 heavy (non-hydrogen) atoms. The molecule has 0 radical (unpaired) electrons. The minimum Gasteiger partial charge on any atom is -0.370 e. The van der Waals surface area contributed by atoms with Crippen LogP contribution in [0.25, 0.3) is 10.9 Å². The summed E-state index contributed by atoms with van der Waals surface area (Å²) in [4.78, 5) is 20.2. The highest BCUT2D eigenvalue weighted by atomic mass is 35.5. The van der Waals surface area contributed by atoms with Crippen molar-refractivity contribution >= 4 is 39.8 Å². The van der Waals surface area contributed by atoms with Crippen LogP contribution in [0.1, 0.15) is 46.4 Å². The van der Waals surface area contributed by atoms with Crippen LogP contribution in [0.15, 0.2) is 36.4 Å². The minimum atomic E-state index is -4.50. The SMILES string of the molecule is O=C(Nc1cc(C(F)(F)F)ccc1N1CCCC1)c1c2c(nc3ccc(Cl)cc13)CCC2. The second-order valence-electron chi connectivity index (χ2n) is 8.31. The van der Waals surface area contributed by atoms with Gasteiger partial charge in [0.2, 0.25) is 0 Å². The Kier molecular flexibility index (Phi) is 5.24. The first-order valence-corrected chi connectivity index (χ1v) is 11.1. The Hall–Kier alpha value is -2.80. The summed E-state index contributed by atoms with van der Waals surface area (Å²) in [6.45, 7) is 1.49. The number of aryl methyl sites for hydroxylation is 1. The number of carbonyl (C=O) groups excluding carboxylic acids is 1. The molecule has 4 nitrogen and oxygen atoms in total. The number of amides is 1. The van der Waals surface area contributed by atoms with Gasteiger partial charge in [-0.15, -0.1) is 0 Å². The van der Waals surface area contributed by atoms with Gasteiger partial charge in [-0.25, -0.2) is 0 Å². The van der Waals surface area contributed by atoms with Gasteiger partial charge in [-0.1, -0.05) is 11.6 Å². The van der Waals surface area contributed by atoms with Gasteiger partial charge in [0.1, 0.15) is 0 Å². The number of fused-ring (bicyclic) bond motifs is 2. The van der Waals surface area contributed by atoms with Crippen LogP contribution < -0.4 is 10.2 Å². The van der Waals surface area contributed by atoms with Crippen LogP contribution in [-0.4, -0.2) is 24.0 Å². The van der Waals surface area contributed by atoms with Crippen molar-refractivity contribution < 1.29 is 18.0 Å². The minimum absolute atomic E-state index is 0.172. The zero-order valence-electron chi connectivity index (χ0n) is 17.2. The summed E-state index contributed by atoms with van der Waals surface area (Å²) in [6.07, 6.45) is -0.201. The molecule has 0 bridgehead atoms. The highest BCUT2D eigenvalue weighted by Gasteiger charge is 2.32. The number of aromatic nitrogens is 1. The molecule has 1 saturated heterocycles. The van der Waals surface area contributed by atoms with E-state index in [-0.39, 0.29) is 5.69 Å². The highest BCUT2D eigenvalue weighted by molar-refractivity contribution is 6.31. The van der Waals surface area contributed by atoms with Crippen LogP contribution in [0.5, 0.6) is 0 Å². The molecule has 1 aliphatic heterocycles. The topological polar surface area (TPSA) is 45.2 Å². The van der Waals surface area contributed by atoms with Crippen molar-refractivity contribution in [1.82, 2.24) is 4.98 Å². The lowest BCUT2D eigenvalue weighted by atomic mass is 10.00. The number of nitrogens with zero attached hydrogens (tertiary/aromatic N) is 2. The van der Waals surface area contributed by atoms with Crippen molar-refractivity contribution in [2.24, 2.45) is 0 Å². The maximum atomic E-state index is 13.5.